The third kappa shape index (κ3) is 5.07. The normalized spacial score (nSPS) is 45.6. The lowest BCUT2D eigenvalue weighted by molar-refractivity contribution is -0.362. The number of aliphatic hydroxyl groups excluding tert-OH is 2. The van der Waals surface area contributed by atoms with Gasteiger partial charge in [-0.15, -0.1) is 0 Å². The van der Waals surface area contributed by atoms with Gasteiger partial charge in [0.25, 0.3) is 0 Å². The molecule has 0 unspecified atom stereocenters. The first-order valence-electron chi connectivity index (χ1n) is 21.2. The number of hydrogen-bond acceptors (Lipinski definition) is 5. The molecule has 1 aromatic rings. The van der Waals surface area contributed by atoms with E-state index in [4.69, 9.17) is 10.5 Å². The maximum atomic E-state index is 11.3. The Morgan fingerprint density at radius 1 is 0.880 bits per heavy atom. The van der Waals surface area contributed by atoms with Crippen molar-refractivity contribution in [1.82, 2.24) is 0 Å². The Labute approximate surface area is 301 Å². The number of rotatable bonds is 4. The zero-order valence-electron chi connectivity index (χ0n) is 30.9. The van der Waals surface area contributed by atoms with Crippen LogP contribution in [0.4, 0.5) is 0 Å². The minimum atomic E-state index is -0.610. The van der Waals surface area contributed by atoms with Crippen molar-refractivity contribution in [1.29, 1.82) is 0 Å². The summed E-state index contributed by atoms with van der Waals surface area (Å²) in [4.78, 5) is 0. The largest absolute Gasteiger partial charge is 0.508 e. The van der Waals surface area contributed by atoms with Gasteiger partial charge in [0.2, 0.25) is 0 Å². The number of phenols is 1. The van der Waals surface area contributed by atoms with Crippen molar-refractivity contribution in [3.63, 3.8) is 0 Å². The number of fused-ring (bicyclic) bond motifs is 5. The first-order valence-corrected chi connectivity index (χ1v) is 21.2. The van der Waals surface area contributed by atoms with Gasteiger partial charge in [-0.2, -0.15) is 0 Å². The topological polar surface area (TPSA) is 95.9 Å². The molecule has 5 nitrogen and oxygen atoms in total. The van der Waals surface area contributed by atoms with Crippen LogP contribution in [0.5, 0.6) is 5.75 Å². The molecular weight excluding hydrogens is 618 g/mol. The van der Waals surface area contributed by atoms with E-state index in [0.717, 1.165) is 64.2 Å². The average Bonchev–Trinajstić information content (AvgIpc) is 3.55. The smallest absolute Gasteiger partial charge is 0.115 e. The monoisotopic (exact) mass is 683 g/mol. The second kappa shape index (κ2) is 12.5. The molecule has 2 aliphatic heterocycles. The van der Waals surface area contributed by atoms with Gasteiger partial charge in [0, 0.05) is 30.6 Å². The minimum absolute atomic E-state index is 0.0198. The van der Waals surface area contributed by atoms with E-state index in [9.17, 15) is 15.3 Å². The van der Waals surface area contributed by atoms with Crippen LogP contribution in [-0.2, 0) is 16.6 Å². The molecule has 2 saturated heterocycles. The third-order valence-electron chi connectivity index (χ3n) is 17.2. The van der Waals surface area contributed by atoms with Crippen LogP contribution < -0.4 is 5.73 Å². The maximum Gasteiger partial charge on any atom is 0.115 e. The fraction of sp³-hybridized carbons (Fsp3) is 0.822. The minimum Gasteiger partial charge on any atom is -0.508 e. The zero-order valence-corrected chi connectivity index (χ0v) is 30.9. The summed E-state index contributed by atoms with van der Waals surface area (Å²) in [5.41, 5.74) is 9.65. The predicted octanol–water partition coefficient (Wildman–Crippen LogP) is 8.20. The van der Waals surface area contributed by atoms with E-state index in [0.29, 0.717) is 40.8 Å². The number of benzene rings is 1. The Bertz CT molecular complexity index is 1500. The van der Waals surface area contributed by atoms with Crippen LogP contribution in [0.15, 0.2) is 18.2 Å². The maximum absolute atomic E-state index is 11.3. The third-order valence-corrected chi connectivity index (χ3v) is 17.2. The van der Waals surface area contributed by atoms with Gasteiger partial charge in [0.15, 0.2) is 0 Å². The van der Waals surface area contributed by atoms with Crippen molar-refractivity contribution in [2.45, 2.75) is 164 Å². The van der Waals surface area contributed by atoms with E-state index in [1.165, 1.54) is 81.8 Å². The van der Waals surface area contributed by atoms with Gasteiger partial charge in [0.05, 0.1) is 22.5 Å². The molecule has 5 heteroatoms. The van der Waals surface area contributed by atoms with Crippen LogP contribution in [0.2, 0.25) is 0 Å². The highest BCUT2D eigenvalue weighted by molar-refractivity contribution is 5.47. The molecule has 0 radical (unpaired) electrons. The summed E-state index contributed by atoms with van der Waals surface area (Å²) < 4.78 is 8.19. The van der Waals surface area contributed by atoms with Gasteiger partial charge in [-0.05, 0) is 155 Å². The first kappa shape index (κ1) is 34.2. The molecule has 50 heavy (non-hydrogen) atoms. The molecule has 1 aromatic carbocycles. The van der Waals surface area contributed by atoms with E-state index in [-0.39, 0.29) is 42.0 Å². The van der Waals surface area contributed by atoms with Gasteiger partial charge >= 0.3 is 0 Å². The van der Waals surface area contributed by atoms with Crippen LogP contribution in [0.3, 0.4) is 0 Å². The molecular formula is C45H65NO4. The number of aromatic hydroxyl groups is 1. The second-order valence-corrected chi connectivity index (χ2v) is 19.7. The summed E-state index contributed by atoms with van der Waals surface area (Å²) in [6.07, 6.45) is 24.6. The van der Waals surface area contributed by atoms with Crippen LogP contribution in [0, 0.1) is 64.6 Å². The quantitative estimate of drug-likeness (QED) is 0.240. The Balaban J connectivity index is 1.26. The zero-order chi connectivity index (χ0) is 34.4. The summed E-state index contributed by atoms with van der Waals surface area (Å²) in [7, 11) is 0. The molecule has 5 N–H and O–H groups in total. The number of phenolic OH excluding ortho intramolecular Hbond substituents is 1. The number of aliphatic hydroxyl groups is 2. The molecule has 11 atom stereocenters. The summed E-state index contributed by atoms with van der Waals surface area (Å²) in [5.74, 6) is 11.1. The second-order valence-electron chi connectivity index (χ2n) is 19.7. The van der Waals surface area contributed by atoms with E-state index in [1.807, 2.05) is 6.07 Å². The first-order chi connectivity index (χ1) is 24.2. The Morgan fingerprint density at radius 3 is 2.46 bits per heavy atom. The highest BCUT2D eigenvalue weighted by Crippen LogP contribution is 2.71. The van der Waals surface area contributed by atoms with Gasteiger partial charge in [-0.1, -0.05) is 62.9 Å². The van der Waals surface area contributed by atoms with Crippen LogP contribution in [-0.4, -0.2) is 45.3 Å². The Morgan fingerprint density at radius 2 is 1.68 bits per heavy atom. The van der Waals surface area contributed by atoms with Crippen LogP contribution in [0.1, 0.15) is 146 Å². The van der Waals surface area contributed by atoms with Gasteiger partial charge in [0.1, 0.15) is 5.75 Å². The molecule has 6 bridgehead atoms. The molecule has 9 aliphatic rings. The van der Waals surface area contributed by atoms with Crippen LogP contribution >= 0.6 is 0 Å². The fourth-order valence-corrected chi connectivity index (χ4v) is 15.4. The molecule has 10 rings (SSSR count). The van der Waals surface area contributed by atoms with E-state index < -0.39 is 11.1 Å². The molecule has 7 aliphatic carbocycles. The highest BCUT2D eigenvalue weighted by atomic mass is 16.5. The summed E-state index contributed by atoms with van der Waals surface area (Å²) in [5, 5.41) is 32.2. The molecule has 0 amide bonds. The van der Waals surface area contributed by atoms with Crippen LogP contribution in [0.25, 0.3) is 0 Å². The SMILES string of the molecule is C[C@@]1([C@@H]2CCC[C@H](CCO)C2)O[C@@]23C[C@H]4CC[C@@H](CO)[C@@](N)([C@H]41)[C@H]2C#CC1(CCCCC1)c1cc(O)ccc1C[C@H]1C[C@H]3CC2(CCCC2)C1. The summed E-state index contributed by atoms with van der Waals surface area (Å²) in [6, 6.07) is 6.27. The molecule has 274 valence electrons. The van der Waals surface area contributed by atoms with E-state index >= 15 is 0 Å². The van der Waals surface area contributed by atoms with Crippen molar-refractivity contribution in [2.24, 2.45) is 58.5 Å². The number of ether oxygens (including phenoxy) is 1. The highest BCUT2D eigenvalue weighted by Gasteiger charge is 2.76. The van der Waals surface area contributed by atoms with Gasteiger partial charge in [-0.25, -0.2) is 0 Å². The van der Waals surface area contributed by atoms with Crippen molar-refractivity contribution >= 4 is 0 Å². The van der Waals surface area contributed by atoms with Crippen molar-refractivity contribution < 1.29 is 20.1 Å². The molecule has 8 fully saturated rings. The molecule has 2 heterocycles. The lowest BCUT2D eigenvalue weighted by Crippen LogP contribution is -2.84. The predicted molar refractivity (Wildman–Crippen MR) is 197 cm³/mol. The van der Waals surface area contributed by atoms with E-state index in [1.54, 1.807) is 0 Å². The molecule has 0 aromatic heterocycles. The lowest BCUT2D eigenvalue weighted by Gasteiger charge is -2.75. The average molecular weight is 684 g/mol. The number of hydrogen-bond donors (Lipinski definition) is 4. The van der Waals surface area contributed by atoms with E-state index in [2.05, 4.69) is 30.9 Å². The van der Waals surface area contributed by atoms with Crippen molar-refractivity contribution in [3.05, 3.63) is 29.3 Å². The molecule has 3 spiro atoms. The van der Waals surface area contributed by atoms with Crippen molar-refractivity contribution in [2.75, 3.05) is 13.2 Å². The van der Waals surface area contributed by atoms with Gasteiger partial charge < -0.3 is 25.8 Å². The summed E-state index contributed by atoms with van der Waals surface area (Å²) >= 11 is 0. The van der Waals surface area contributed by atoms with Gasteiger partial charge in [-0.3, -0.25) is 0 Å². The fourth-order valence-electron chi connectivity index (χ4n) is 15.4. The van der Waals surface area contributed by atoms with Crippen molar-refractivity contribution in [3.8, 4) is 17.6 Å². The Hall–Kier alpha value is -1.58. The summed E-state index contributed by atoms with van der Waals surface area (Å²) in [6.45, 7) is 2.87. The standard InChI is InChI=1S/C45H65NO4/c1-41(34-9-7-8-30(23-34)15-21-47)40-33-10-12-35(29-48)45(40,46)39-14-20-43(18-3-2-4-19-43)38-25-37(49)13-11-32(38)22-31-24-36(44(39,27-33)50-41)28-42(26-31)16-5-6-17-42/h11,13,25,30-31,33-36,39-40,47-49H,2-10,12,15-19,21-24,26-29,46H2,1H3/t30-,31+,33-,34-,35+,36+,39+,40-,41+,44-,45+/m1/s1. The number of nitrogens with two attached hydrogens (primary N) is 1. The molecule has 6 saturated carbocycles. The lowest BCUT2D eigenvalue weighted by atomic mass is 9.38. The Kier molecular flexibility index (Phi) is 8.55.